The van der Waals surface area contributed by atoms with Crippen molar-refractivity contribution in [1.29, 1.82) is 0 Å². The van der Waals surface area contributed by atoms with Crippen LogP contribution in [-0.2, 0) is 24.2 Å². The van der Waals surface area contributed by atoms with E-state index in [1.807, 2.05) is 18.5 Å². The summed E-state index contributed by atoms with van der Waals surface area (Å²) < 4.78 is 12.8. The Balaban J connectivity index is 1.37. The lowest BCUT2D eigenvalue weighted by molar-refractivity contribution is 0.0342. The summed E-state index contributed by atoms with van der Waals surface area (Å²) >= 11 is 0. The highest BCUT2D eigenvalue weighted by atomic mass is 16.5. The molecular formula is C22H24N4O2. The number of hydrogen-bond donors (Lipinski definition) is 0. The van der Waals surface area contributed by atoms with Gasteiger partial charge in [0, 0.05) is 50.1 Å². The van der Waals surface area contributed by atoms with Crippen LogP contribution in [0.4, 0.5) is 0 Å². The molecule has 1 fully saturated rings. The molecule has 0 unspecified atom stereocenters. The molecule has 0 amide bonds. The van der Waals surface area contributed by atoms with Gasteiger partial charge in [0.2, 0.25) is 5.76 Å². The highest BCUT2D eigenvalue weighted by Gasteiger charge is 2.10. The number of rotatable bonds is 5. The molecule has 1 aliphatic heterocycles. The number of hydrogen-bond acceptors (Lipinski definition) is 5. The minimum atomic E-state index is 0.575. The van der Waals surface area contributed by atoms with Crippen molar-refractivity contribution in [3.8, 4) is 11.8 Å². The van der Waals surface area contributed by atoms with Crippen molar-refractivity contribution in [3.63, 3.8) is 0 Å². The first-order valence-corrected chi connectivity index (χ1v) is 9.67. The van der Waals surface area contributed by atoms with E-state index in [4.69, 9.17) is 9.26 Å². The van der Waals surface area contributed by atoms with E-state index >= 15 is 0 Å². The van der Waals surface area contributed by atoms with E-state index < -0.39 is 0 Å². The first-order valence-electron chi connectivity index (χ1n) is 9.67. The van der Waals surface area contributed by atoms with E-state index in [1.54, 1.807) is 0 Å². The third kappa shape index (κ3) is 4.69. The number of nitrogens with zero attached hydrogens (tertiary/aromatic N) is 4. The Morgan fingerprint density at radius 1 is 1.07 bits per heavy atom. The monoisotopic (exact) mass is 376 g/mol. The van der Waals surface area contributed by atoms with Crippen LogP contribution in [0.1, 0.15) is 35.3 Å². The summed E-state index contributed by atoms with van der Waals surface area (Å²) in [7, 11) is 0. The summed E-state index contributed by atoms with van der Waals surface area (Å²) in [5.41, 5.74) is 3.10. The van der Waals surface area contributed by atoms with E-state index in [9.17, 15) is 0 Å². The third-order valence-corrected chi connectivity index (χ3v) is 4.80. The standard InChI is InChI=1S/C22H24N4O2/c1-2-22-23-9-10-26(22)17-20-15-21(28-24-20)8-7-18-3-5-19(6-4-18)16-25-11-13-27-14-12-25/h3-6,9-10,15H,2,11-14,16-17H2,1H3. The van der Waals surface area contributed by atoms with Gasteiger partial charge in [0.1, 0.15) is 11.5 Å². The molecule has 1 aromatic carbocycles. The average Bonchev–Trinajstić information content (AvgIpc) is 3.38. The topological polar surface area (TPSA) is 56.3 Å². The predicted octanol–water partition coefficient (Wildman–Crippen LogP) is 2.71. The predicted molar refractivity (Wildman–Crippen MR) is 106 cm³/mol. The zero-order chi connectivity index (χ0) is 19.2. The lowest BCUT2D eigenvalue weighted by Crippen LogP contribution is -2.35. The van der Waals surface area contributed by atoms with Gasteiger partial charge >= 0.3 is 0 Å². The van der Waals surface area contributed by atoms with Crippen molar-refractivity contribution in [1.82, 2.24) is 19.6 Å². The molecule has 0 bridgehead atoms. The maximum absolute atomic E-state index is 5.39. The first kappa shape index (κ1) is 18.5. The number of ether oxygens (including phenoxy) is 1. The van der Waals surface area contributed by atoms with Crippen LogP contribution in [0.3, 0.4) is 0 Å². The molecule has 0 N–H and O–H groups in total. The molecule has 6 nitrogen and oxygen atoms in total. The van der Waals surface area contributed by atoms with Gasteiger partial charge in [0.05, 0.1) is 19.8 Å². The van der Waals surface area contributed by atoms with Gasteiger partial charge in [0.15, 0.2) is 0 Å². The van der Waals surface area contributed by atoms with Crippen LogP contribution in [0, 0.1) is 11.8 Å². The highest BCUT2D eigenvalue weighted by molar-refractivity contribution is 5.40. The van der Waals surface area contributed by atoms with Crippen molar-refractivity contribution in [2.45, 2.75) is 26.4 Å². The summed E-state index contributed by atoms with van der Waals surface area (Å²) in [5.74, 6) is 7.82. The summed E-state index contributed by atoms with van der Waals surface area (Å²) in [6.07, 6.45) is 4.65. The molecule has 3 heterocycles. The van der Waals surface area contributed by atoms with Gasteiger partial charge < -0.3 is 13.8 Å². The van der Waals surface area contributed by atoms with Gasteiger partial charge in [-0.3, -0.25) is 4.90 Å². The number of benzene rings is 1. The summed E-state index contributed by atoms with van der Waals surface area (Å²) in [5, 5.41) is 4.12. The van der Waals surface area contributed by atoms with Crippen molar-refractivity contribution in [2.75, 3.05) is 26.3 Å². The van der Waals surface area contributed by atoms with Gasteiger partial charge in [-0.2, -0.15) is 0 Å². The van der Waals surface area contributed by atoms with Gasteiger partial charge in [0.25, 0.3) is 0 Å². The van der Waals surface area contributed by atoms with Crippen LogP contribution in [-0.4, -0.2) is 45.9 Å². The molecule has 6 heteroatoms. The SMILES string of the molecule is CCc1nccn1Cc1cc(C#Cc2ccc(CN3CCOCC3)cc2)on1. The van der Waals surface area contributed by atoms with Crippen LogP contribution in [0.2, 0.25) is 0 Å². The Kier molecular flexibility index (Phi) is 5.86. The molecule has 0 aliphatic carbocycles. The molecule has 0 atom stereocenters. The normalized spacial score (nSPS) is 14.6. The lowest BCUT2D eigenvalue weighted by atomic mass is 10.1. The molecule has 1 aliphatic rings. The molecule has 1 saturated heterocycles. The number of aryl methyl sites for hydroxylation is 1. The summed E-state index contributed by atoms with van der Waals surface area (Å²) in [6, 6.07) is 10.3. The quantitative estimate of drug-likeness (QED) is 0.641. The van der Waals surface area contributed by atoms with Crippen molar-refractivity contribution >= 4 is 0 Å². The number of aromatic nitrogens is 3. The van der Waals surface area contributed by atoms with Crippen molar-refractivity contribution in [2.24, 2.45) is 0 Å². The Labute approximate surface area is 165 Å². The van der Waals surface area contributed by atoms with Crippen LogP contribution >= 0.6 is 0 Å². The molecular weight excluding hydrogens is 352 g/mol. The number of imidazole rings is 1. The van der Waals surface area contributed by atoms with E-state index in [0.29, 0.717) is 12.3 Å². The van der Waals surface area contributed by atoms with Gasteiger partial charge in [-0.05, 0) is 23.6 Å². The Bertz CT molecular complexity index is 956. The van der Waals surface area contributed by atoms with Crippen molar-refractivity contribution in [3.05, 3.63) is 71.1 Å². The highest BCUT2D eigenvalue weighted by Crippen LogP contribution is 2.10. The van der Waals surface area contributed by atoms with E-state index in [2.05, 4.69) is 62.6 Å². The molecule has 0 spiro atoms. The van der Waals surface area contributed by atoms with Gasteiger partial charge in [-0.25, -0.2) is 4.98 Å². The summed E-state index contributed by atoms with van der Waals surface area (Å²) in [4.78, 5) is 6.73. The lowest BCUT2D eigenvalue weighted by Gasteiger charge is -2.26. The second kappa shape index (κ2) is 8.87. The average molecular weight is 376 g/mol. The smallest absolute Gasteiger partial charge is 0.210 e. The Morgan fingerprint density at radius 2 is 1.89 bits per heavy atom. The van der Waals surface area contributed by atoms with Crippen molar-refractivity contribution < 1.29 is 9.26 Å². The molecule has 4 rings (SSSR count). The summed E-state index contributed by atoms with van der Waals surface area (Å²) in [6.45, 7) is 7.32. The minimum Gasteiger partial charge on any atom is -0.379 e. The van der Waals surface area contributed by atoms with Crippen LogP contribution in [0.25, 0.3) is 0 Å². The molecule has 2 aromatic heterocycles. The zero-order valence-corrected chi connectivity index (χ0v) is 16.1. The minimum absolute atomic E-state index is 0.575. The van der Waals surface area contributed by atoms with Gasteiger partial charge in [-0.1, -0.05) is 30.1 Å². The molecule has 0 saturated carbocycles. The van der Waals surface area contributed by atoms with E-state index in [-0.39, 0.29) is 0 Å². The molecule has 28 heavy (non-hydrogen) atoms. The van der Waals surface area contributed by atoms with Gasteiger partial charge in [-0.15, -0.1) is 0 Å². The fourth-order valence-corrected chi connectivity index (χ4v) is 3.26. The molecule has 0 radical (unpaired) electrons. The largest absolute Gasteiger partial charge is 0.379 e. The second-order valence-electron chi connectivity index (χ2n) is 6.84. The molecule has 144 valence electrons. The maximum Gasteiger partial charge on any atom is 0.210 e. The van der Waals surface area contributed by atoms with Crippen LogP contribution in [0.15, 0.2) is 47.2 Å². The first-order chi connectivity index (χ1) is 13.8. The van der Waals surface area contributed by atoms with E-state index in [0.717, 1.165) is 56.4 Å². The van der Waals surface area contributed by atoms with Crippen LogP contribution in [0.5, 0.6) is 0 Å². The van der Waals surface area contributed by atoms with E-state index in [1.165, 1.54) is 5.56 Å². The van der Waals surface area contributed by atoms with Crippen LogP contribution < -0.4 is 0 Å². The number of morpholine rings is 1. The zero-order valence-electron chi connectivity index (χ0n) is 16.1. The fourth-order valence-electron chi connectivity index (χ4n) is 3.26. The maximum atomic E-state index is 5.39. The molecule has 3 aromatic rings. The third-order valence-electron chi connectivity index (χ3n) is 4.80. The second-order valence-corrected chi connectivity index (χ2v) is 6.84. The Morgan fingerprint density at radius 3 is 2.68 bits per heavy atom. The fraction of sp³-hybridized carbons (Fsp3) is 0.364. The Hall–Kier alpha value is -2.88.